The highest BCUT2D eigenvalue weighted by Crippen LogP contribution is 1.87. The summed E-state index contributed by atoms with van der Waals surface area (Å²) in [6.45, 7) is 3.83. The zero-order chi connectivity index (χ0) is 9.40. The van der Waals surface area contributed by atoms with E-state index in [2.05, 4.69) is 9.73 Å². The van der Waals surface area contributed by atoms with Crippen LogP contribution in [0, 0.1) is 0 Å². The summed E-state index contributed by atoms with van der Waals surface area (Å²) in [5.41, 5.74) is 0. The maximum atomic E-state index is 11.0. The molecule has 0 fully saturated rings. The summed E-state index contributed by atoms with van der Waals surface area (Å²) in [4.78, 5) is 14.7. The Balaban J connectivity index is 4.23. The van der Waals surface area contributed by atoms with Gasteiger partial charge in [0.05, 0.1) is 13.7 Å². The van der Waals surface area contributed by atoms with Crippen LogP contribution in [0.1, 0.15) is 13.8 Å². The average Bonchev–Trinajstić information content (AvgIpc) is 2.06. The fraction of sp³-hybridized carbons (Fsp3) is 0.500. The van der Waals surface area contributed by atoms with Gasteiger partial charge in [-0.05, 0) is 13.8 Å². The number of allylic oxidation sites excluding steroid dienone is 1. The molecule has 4 nitrogen and oxygen atoms in total. The number of nitrogens with zero attached hydrogens (tertiary/aromatic N) is 1. The number of methoxy groups -OCH3 is 1. The number of hydrogen-bond acceptors (Lipinski definition) is 4. The molecule has 0 unspecified atom stereocenters. The van der Waals surface area contributed by atoms with Crippen LogP contribution in [0.15, 0.2) is 17.3 Å². The molecule has 4 heteroatoms. The van der Waals surface area contributed by atoms with Crippen LogP contribution in [0.25, 0.3) is 0 Å². The van der Waals surface area contributed by atoms with Gasteiger partial charge in [0.15, 0.2) is 0 Å². The minimum Gasteiger partial charge on any atom is -0.476 e. The molecular formula is C8H13NO3. The van der Waals surface area contributed by atoms with Gasteiger partial charge in [0.25, 0.3) is 0 Å². The monoisotopic (exact) mass is 171 g/mol. The molecule has 0 atom stereocenters. The van der Waals surface area contributed by atoms with E-state index >= 15 is 0 Å². The molecular weight excluding hydrogens is 158 g/mol. The fourth-order valence-electron chi connectivity index (χ4n) is 0.524. The molecule has 0 rings (SSSR count). The molecule has 0 spiro atoms. The van der Waals surface area contributed by atoms with Gasteiger partial charge in [-0.25, -0.2) is 9.79 Å². The van der Waals surface area contributed by atoms with Crippen molar-refractivity contribution in [3.8, 4) is 0 Å². The van der Waals surface area contributed by atoms with Gasteiger partial charge in [-0.15, -0.1) is 0 Å². The second-order valence-electron chi connectivity index (χ2n) is 1.84. The van der Waals surface area contributed by atoms with Crippen molar-refractivity contribution in [1.29, 1.82) is 0 Å². The van der Waals surface area contributed by atoms with Gasteiger partial charge in [-0.3, -0.25) is 0 Å². The first kappa shape index (κ1) is 10.7. The first-order valence-electron chi connectivity index (χ1n) is 3.66. The molecule has 0 aromatic heterocycles. The van der Waals surface area contributed by atoms with Gasteiger partial charge >= 0.3 is 11.9 Å². The van der Waals surface area contributed by atoms with E-state index in [1.165, 1.54) is 13.3 Å². The van der Waals surface area contributed by atoms with Crippen molar-refractivity contribution in [3.63, 3.8) is 0 Å². The van der Waals surface area contributed by atoms with E-state index in [4.69, 9.17) is 4.74 Å². The lowest BCUT2D eigenvalue weighted by Gasteiger charge is -2.01. The van der Waals surface area contributed by atoms with E-state index in [-0.39, 0.29) is 5.90 Å². The predicted octanol–water partition coefficient (Wildman–Crippen LogP) is 1.13. The normalized spacial score (nSPS) is 11.8. The summed E-state index contributed by atoms with van der Waals surface area (Å²) in [6, 6.07) is 0. The summed E-state index contributed by atoms with van der Waals surface area (Å²) in [5.74, 6) is -0.576. The van der Waals surface area contributed by atoms with Gasteiger partial charge in [-0.2, -0.15) is 0 Å². The first-order chi connectivity index (χ1) is 5.76. The Morgan fingerprint density at radius 3 is 2.67 bits per heavy atom. The third kappa shape index (κ3) is 3.75. The molecule has 0 saturated carbocycles. The van der Waals surface area contributed by atoms with Crippen LogP contribution in [0.2, 0.25) is 0 Å². The smallest absolute Gasteiger partial charge is 0.394 e. The number of carbonyl (C=O) groups excluding carboxylic acids is 1. The average molecular weight is 171 g/mol. The molecule has 0 amide bonds. The van der Waals surface area contributed by atoms with E-state index in [1.54, 1.807) is 19.9 Å². The zero-order valence-electron chi connectivity index (χ0n) is 7.53. The highest BCUT2D eigenvalue weighted by molar-refractivity contribution is 6.32. The molecule has 68 valence electrons. The molecule has 0 aliphatic heterocycles. The van der Waals surface area contributed by atoms with Gasteiger partial charge in [0.2, 0.25) is 0 Å². The number of hydrogen-bond donors (Lipinski definition) is 0. The topological polar surface area (TPSA) is 47.9 Å². The van der Waals surface area contributed by atoms with Crippen molar-refractivity contribution < 1.29 is 14.3 Å². The fourth-order valence-corrected chi connectivity index (χ4v) is 0.524. The molecule has 0 saturated heterocycles. The molecule has 0 aliphatic rings. The van der Waals surface area contributed by atoms with Gasteiger partial charge in [-0.1, -0.05) is 6.08 Å². The minimum atomic E-state index is -0.543. The van der Waals surface area contributed by atoms with Crippen molar-refractivity contribution in [3.05, 3.63) is 12.3 Å². The van der Waals surface area contributed by atoms with Gasteiger partial charge in [0, 0.05) is 6.20 Å². The van der Waals surface area contributed by atoms with Crippen LogP contribution in [-0.2, 0) is 14.3 Å². The Morgan fingerprint density at radius 1 is 1.58 bits per heavy atom. The van der Waals surface area contributed by atoms with Crippen LogP contribution < -0.4 is 0 Å². The van der Waals surface area contributed by atoms with Crippen molar-refractivity contribution in [1.82, 2.24) is 0 Å². The molecule has 0 N–H and O–H groups in total. The van der Waals surface area contributed by atoms with Crippen molar-refractivity contribution in [2.24, 2.45) is 4.99 Å². The quantitative estimate of drug-likeness (QED) is 0.355. The van der Waals surface area contributed by atoms with E-state index in [0.29, 0.717) is 6.61 Å². The van der Waals surface area contributed by atoms with Crippen molar-refractivity contribution in [2.45, 2.75) is 13.8 Å². The number of esters is 1. The number of ether oxygens (including phenoxy) is 2. The summed E-state index contributed by atoms with van der Waals surface area (Å²) in [7, 11) is 1.37. The highest BCUT2D eigenvalue weighted by Gasteiger charge is 2.10. The number of carbonyl (C=O) groups is 1. The van der Waals surface area contributed by atoms with Crippen molar-refractivity contribution in [2.75, 3.05) is 13.7 Å². The Labute approximate surface area is 71.9 Å². The summed E-state index contributed by atoms with van der Waals surface area (Å²) >= 11 is 0. The highest BCUT2D eigenvalue weighted by atomic mass is 16.6. The van der Waals surface area contributed by atoms with Gasteiger partial charge < -0.3 is 9.47 Å². The molecule has 0 aliphatic carbocycles. The molecule has 0 heterocycles. The van der Waals surface area contributed by atoms with Gasteiger partial charge in [0.1, 0.15) is 0 Å². The van der Waals surface area contributed by atoms with E-state index in [0.717, 1.165) is 0 Å². The van der Waals surface area contributed by atoms with Crippen LogP contribution in [-0.4, -0.2) is 25.6 Å². The molecule has 0 radical (unpaired) electrons. The number of aliphatic imine (C=N–C) groups is 1. The van der Waals surface area contributed by atoms with E-state index in [9.17, 15) is 4.79 Å². The molecule has 0 bridgehead atoms. The minimum absolute atomic E-state index is 0.0325. The van der Waals surface area contributed by atoms with Crippen LogP contribution >= 0.6 is 0 Å². The Morgan fingerprint density at radius 2 is 2.25 bits per heavy atom. The lowest BCUT2D eigenvalue weighted by atomic mass is 10.6. The van der Waals surface area contributed by atoms with Crippen molar-refractivity contribution >= 4 is 11.9 Å². The van der Waals surface area contributed by atoms with E-state index in [1.807, 2.05) is 0 Å². The predicted molar refractivity (Wildman–Crippen MR) is 45.9 cm³/mol. The van der Waals surface area contributed by atoms with E-state index < -0.39 is 5.97 Å². The standard InChI is InChI=1S/C8H13NO3/c1-4-6-9-7(11-3)8(10)12-5-2/h4,6H,5H2,1-3H3/b6-4+,9-7?. The Bertz CT molecular complexity index is 196. The third-order valence-electron chi connectivity index (χ3n) is 0.984. The Kier molecular flexibility index (Phi) is 5.69. The summed E-state index contributed by atoms with van der Waals surface area (Å²) in [6.07, 6.45) is 3.16. The summed E-state index contributed by atoms with van der Waals surface area (Å²) < 4.78 is 9.35. The molecule has 0 aromatic carbocycles. The molecule has 12 heavy (non-hydrogen) atoms. The molecule has 0 aromatic rings. The Hall–Kier alpha value is -1.32. The third-order valence-corrected chi connectivity index (χ3v) is 0.984. The second kappa shape index (κ2) is 6.39. The van der Waals surface area contributed by atoms with Crippen LogP contribution in [0.3, 0.4) is 0 Å². The zero-order valence-corrected chi connectivity index (χ0v) is 7.53. The summed E-state index contributed by atoms with van der Waals surface area (Å²) in [5, 5.41) is 0. The van der Waals surface area contributed by atoms with Crippen LogP contribution in [0.4, 0.5) is 0 Å². The lowest BCUT2D eigenvalue weighted by molar-refractivity contribution is -0.136. The first-order valence-corrected chi connectivity index (χ1v) is 3.66. The van der Waals surface area contributed by atoms with Crippen LogP contribution in [0.5, 0.6) is 0 Å². The second-order valence-corrected chi connectivity index (χ2v) is 1.84. The number of rotatable bonds is 2. The largest absolute Gasteiger partial charge is 0.476 e. The maximum absolute atomic E-state index is 11.0. The maximum Gasteiger partial charge on any atom is 0.394 e. The SMILES string of the molecule is C/C=C/N=C(OC)C(=O)OCC. The lowest BCUT2D eigenvalue weighted by Crippen LogP contribution is -2.18.